The summed E-state index contributed by atoms with van der Waals surface area (Å²) in [6.45, 7) is 6.54. The van der Waals surface area contributed by atoms with Crippen LogP contribution in [0.1, 0.15) is 329 Å². The Labute approximate surface area is 489 Å². The fourth-order valence-electron chi connectivity index (χ4n) is 9.54. The topological polar surface area (TPSA) is 78.9 Å². The lowest BCUT2D eigenvalue weighted by Gasteiger charge is -2.18. The van der Waals surface area contributed by atoms with Crippen LogP contribution in [0.3, 0.4) is 0 Å². The Kier molecular flexibility index (Phi) is 63.7. The number of hydrogen-bond acceptors (Lipinski definition) is 6. The second kappa shape index (κ2) is 66.8. The van der Waals surface area contributed by atoms with Crippen molar-refractivity contribution in [1.29, 1.82) is 0 Å². The zero-order chi connectivity index (χ0) is 57.1. The van der Waals surface area contributed by atoms with Gasteiger partial charge in [0, 0.05) is 19.3 Å². The van der Waals surface area contributed by atoms with Crippen molar-refractivity contribution in [3.8, 4) is 0 Å². The average Bonchev–Trinajstić information content (AvgIpc) is 3.45. The normalized spacial score (nSPS) is 12.7. The molecule has 0 bridgehead atoms. The number of allylic oxidation sites excluding steroid dienone is 16. The highest BCUT2D eigenvalue weighted by atomic mass is 16.6. The van der Waals surface area contributed by atoms with Gasteiger partial charge in [-0.3, -0.25) is 14.4 Å². The molecule has 0 fully saturated rings. The maximum atomic E-state index is 12.9. The van der Waals surface area contributed by atoms with Gasteiger partial charge in [-0.15, -0.1) is 0 Å². The van der Waals surface area contributed by atoms with Crippen LogP contribution in [-0.4, -0.2) is 37.2 Å². The van der Waals surface area contributed by atoms with Crippen LogP contribution in [0.15, 0.2) is 97.2 Å². The van der Waals surface area contributed by atoms with Gasteiger partial charge in [0.2, 0.25) is 0 Å². The van der Waals surface area contributed by atoms with Gasteiger partial charge in [0.1, 0.15) is 13.2 Å². The van der Waals surface area contributed by atoms with Gasteiger partial charge in [-0.25, -0.2) is 0 Å². The van der Waals surface area contributed by atoms with Crippen LogP contribution in [0.25, 0.3) is 0 Å². The van der Waals surface area contributed by atoms with E-state index in [4.69, 9.17) is 14.2 Å². The lowest BCUT2D eigenvalue weighted by Crippen LogP contribution is -2.30. The molecule has 0 aromatic rings. The van der Waals surface area contributed by atoms with Crippen LogP contribution >= 0.6 is 0 Å². The first-order valence-electron chi connectivity index (χ1n) is 33.7. The Morgan fingerprint density at radius 3 is 0.785 bits per heavy atom. The number of carbonyl (C=O) groups excluding carboxylic acids is 3. The van der Waals surface area contributed by atoms with E-state index in [1.165, 1.54) is 167 Å². The predicted octanol–water partition coefficient (Wildman–Crippen LogP) is 23.2. The Morgan fingerprint density at radius 1 is 0.266 bits per heavy atom. The smallest absolute Gasteiger partial charge is 0.306 e. The average molecular weight is 1100 g/mol. The van der Waals surface area contributed by atoms with Gasteiger partial charge < -0.3 is 14.2 Å². The van der Waals surface area contributed by atoms with Crippen molar-refractivity contribution in [3.05, 3.63) is 97.2 Å². The molecule has 0 aromatic carbocycles. The van der Waals surface area contributed by atoms with E-state index in [9.17, 15) is 14.4 Å². The lowest BCUT2D eigenvalue weighted by molar-refractivity contribution is -0.167. The van der Waals surface area contributed by atoms with E-state index in [0.717, 1.165) is 122 Å². The summed E-state index contributed by atoms with van der Waals surface area (Å²) in [4.78, 5) is 38.4. The Bertz CT molecular complexity index is 1540. The molecule has 0 amide bonds. The molecular formula is C73H126O6. The molecule has 6 heteroatoms. The third-order valence-corrected chi connectivity index (χ3v) is 14.6. The van der Waals surface area contributed by atoms with Crippen LogP contribution in [0, 0.1) is 0 Å². The number of unbranched alkanes of at least 4 members (excludes halogenated alkanes) is 34. The molecule has 0 aliphatic rings. The van der Waals surface area contributed by atoms with Crippen molar-refractivity contribution in [1.82, 2.24) is 0 Å². The quantitative estimate of drug-likeness (QED) is 0.0261. The monoisotopic (exact) mass is 1100 g/mol. The maximum absolute atomic E-state index is 12.9. The third-order valence-electron chi connectivity index (χ3n) is 14.6. The van der Waals surface area contributed by atoms with Crippen LogP contribution in [0.5, 0.6) is 0 Å². The van der Waals surface area contributed by atoms with Gasteiger partial charge in [0.15, 0.2) is 6.10 Å². The molecular weight excluding hydrogens is 973 g/mol. The molecule has 79 heavy (non-hydrogen) atoms. The Hall–Kier alpha value is -3.67. The molecule has 454 valence electrons. The minimum Gasteiger partial charge on any atom is -0.462 e. The molecule has 0 N–H and O–H groups in total. The Morgan fingerprint density at radius 2 is 0.494 bits per heavy atom. The van der Waals surface area contributed by atoms with Gasteiger partial charge in [-0.2, -0.15) is 0 Å². The first kappa shape index (κ1) is 75.3. The first-order chi connectivity index (χ1) is 39.0. The minimum absolute atomic E-state index is 0.0825. The van der Waals surface area contributed by atoms with Gasteiger partial charge in [-0.1, -0.05) is 304 Å². The zero-order valence-electron chi connectivity index (χ0n) is 52.1. The maximum Gasteiger partial charge on any atom is 0.306 e. The molecule has 0 aliphatic carbocycles. The Balaban J connectivity index is 4.39. The second-order valence-electron chi connectivity index (χ2n) is 22.4. The SMILES string of the molecule is CC/C=C\C/C=C\C/C=C\C/C=C\C/C=C\C/C=C\C/C=C\CCCCCCCC(=O)OCC(COC(=O)CCCCCCCCCCCCCCCCCCC)OC(=O)CCCCCCCCC/C=C\CCCCCCCC. The molecule has 1 unspecified atom stereocenters. The lowest BCUT2D eigenvalue weighted by atomic mass is 10.0. The van der Waals surface area contributed by atoms with Crippen molar-refractivity contribution >= 4 is 17.9 Å². The summed E-state index contributed by atoms with van der Waals surface area (Å²) < 4.78 is 17.0. The number of hydrogen-bond donors (Lipinski definition) is 0. The molecule has 0 saturated carbocycles. The molecule has 0 aliphatic heterocycles. The fourth-order valence-corrected chi connectivity index (χ4v) is 9.54. The number of ether oxygens (including phenoxy) is 3. The van der Waals surface area contributed by atoms with Gasteiger partial charge in [0.25, 0.3) is 0 Å². The number of rotatable bonds is 61. The standard InChI is InChI=1S/C73H126O6/c1-4-7-10-13-16-19-22-25-28-31-32-33-34-35-36-37-38-39-40-43-45-48-51-54-57-60-63-66-72(75)78-69-70(79-73(76)67-64-61-58-55-52-49-46-42-30-27-24-21-18-15-12-9-6-3)68-77-71(74)65-62-59-56-53-50-47-44-41-29-26-23-20-17-14-11-8-5-2/h7,10,16,19,25,27-28,30,32-33,35-36,38-39,43,45,70H,4-6,8-9,11-15,17-18,20-24,26,29,31,34,37,40-42,44,46-69H2,1-3H3/b10-7-,19-16-,28-25-,30-27-,33-32-,36-35-,39-38-,45-43-. The molecule has 0 saturated heterocycles. The molecule has 0 radical (unpaired) electrons. The summed E-state index contributed by atoms with van der Waals surface area (Å²) >= 11 is 0. The van der Waals surface area contributed by atoms with Gasteiger partial charge in [-0.05, 0) is 103 Å². The van der Waals surface area contributed by atoms with Gasteiger partial charge >= 0.3 is 17.9 Å². The summed E-state index contributed by atoms with van der Waals surface area (Å²) in [7, 11) is 0. The van der Waals surface area contributed by atoms with Gasteiger partial charge in [0.05, 0.1) is 0 Å². The summed E-state index contributed by atoms with van der Waals surface area (Å²) in [6, 6.07) is 0. The van der Waals surface area contributed by atoms with Crippen molar-refractivity contribution in [2.75, 3.05) is 13.2 Å². The van der Waals surface area contributed by atoms with E-state index in [0.29, 0.717) is 19.3 Å². The summed E-state index contributed by atoms with van der Waals surface area (Å²) in [5.74, 6) is -0.892. The largest absolute Gasteiger partial charge is 0.462 e. The molecule has 0 heterocycles. The van der Waals surface area contributed by atoms with Crippen molar-refractivity contribution in [3.63, 3.8) is 0 Å². The molecule has 1 atom stereocenters. The van der Waals surface area contributed by atoms with E-state index >= 15 is 0 Å². The minimum atomic E-state index is -0.789. The van der Waals surface area contributed by atoms with E-state index in [1.54, 1.807) is 0 Å². The van der Waals surface area contributed by atoms with Crippen molar-refractivity contribution < 1.29 is 28.6 Å². The highest BCUT2D eigenvalue weighted by molar-refractivity contribution is 5.71. The van der Waals surface area contributed by atoms with Crippen LogP contribution in [0.4, 0.5) is 0 Å². The van der Waals surface area contributed by atoms with Crippen LogP contribution in [0.2, 0.25) is 0 Å². The first-order valence-corrected chi connectivity index (χ1v) is 33.7. The van der Waals surface area contributed by atoms with Crippen molar-refractivity contribution in [2.45, 2.75) is 335 Å². The van der Waals surface area contributed by atoms with E-state index in [-0.39, 0.29) is 31.1 Å². The fraction of sp³-hybridized carbons (Fsp3) is 0.740. The van der Waals surface area contributed by atoms with E-state index < -0.39 is 6.10 Å². The highest BCUT2D eigenvalue weighted by Crippen LogP contribution is 2.17. The number of carbonyl (C=O) groups is 3. The molecule has 6 nitrogen and oxygen atoms in total. The molecule has 0 spiro atoms. The molecule has 0 rings (SSSR count). The predicted molar refractivity (Wildman–Crippen MR) is 344 cm³/mol. The zero-order valence-corrected chi connectivity index (χ0v) is 52.1. The van der Waals surface area contributed by atoms with E-state index in [1.807, 2.05) is 0 Å². The molecule has 0 aromatic heterocycles. The van der Waals surface area contributed by atoms with E-state index in [2.05, 4.69) is 118 Å². The summed E-state index contributed by atoms with van der Waals surface area (Å²) in [5, 5.41) is 0. The van der Waals surface area contributed by atoms with Crippen LogP contribution in [-0.2, 0) is 28.6 Å². The second-order valence-corrected chi connectivity index (χ2v) is 22.4. The summed E-state index contributed by atoms with van der Waals surface area (Å²) in [6.07, 6.45) is 89.8. The van der Waals surface area contributed by atoms with Crippen LogP contribution < -0.4 is 0 Å². The summed E-state index contributed by atoms with van der Waals surface area (Å²) in [5.41, 5.74) is 0. The number of esters is 3. The third kappa shape index (κ3) is 65.0. The highest BCUT2D eigenvalue weighted by Gasteiger charge is 2.19. The van der Waals surface area contributed by atoms with Crippen molar-refractivity contribution in [2.24, 2.45) is 0 Å².